The molecule has 0 amide bonds. The van der Waals surface area contributed by atoms with E-state index in [2.05, 4.69) is 41.4 Å². The highest BCUT2D eigenvalue weighted by Crippen LogP contribution is 2.31. The van der Waals surface area contributed by atoms with Crippen LogP contribution in [0, 0.1) is 25.7 Å². The monoisotopic (exact) mass is 290 g/mol. The van der Waals surface area contributed by atoms with E-state index in [9.17, 15) is 0 Å². The van der Waals surface area contributed by atoms with Crippen LogP contribution in [-0.2, 0) is 0 Å². The maximum absolute atomic E-state index is 4.57. The quantitative estimate of drug-likeness (QED) is 0.826. The first-order valence-electron chi connectivity index (χ1n) is 8.47. The van der Waals surface area contributed by atoms with Gasteiger partial charge in [-0.1, -0.05) is 26.2 Å². The number of aryl methyl sites for hydroxylation is 1. The molecule has 2 rings (SSSR count). The molecule has 0 radical (unpaired) electrons. The molecule has 0 bridgehead atoms. The summed E-state index contributed by atoms with van der Waals surface area (Å²) in [6.07, 6.45) is 6.85. The van der Waals surface area contributed by atoms with Gasteiger partial charge in [0.15, 0.2) is 0 Å². The molecule has 4 nitrogen and oxygen atoms in total. The first kappa shape index (κ1) is 16.1. The zero-order valence-electron chi connectivity index (χ0n) is 14.0. The minimum Gasteiger partial charge on any atom is -0.370 e. The van der Waals surface area contributed by atoms with Gasteiger partial charge in [-0.25, -0.2) is 9.97 Å². The number of aromatic nitrogens is 2. The van der Waals surface area contributed by atoms with Crippen molar-refractivity contribution in [2.75, 3.05) is 23.7 Å². The van der Waals surface area contributed by atoms with Crippen LogP contribution >= 0.6 is 0 Å². The van der Waals surface area contributed by atoms with E-state index in [0.29, 0.717) is 0 Å². The lowest BCUT2D eigenvalue weighted by Gasteiger charge is -2.28. The molecule has 0 atom stereocenters. The Hall–Kier alpha value is -1.32. The maximum Gasteiger partial charge on any atom is 0.134 e. The van der Waals surface area contributed by atoms with Crippen molar-refractivity contribution in [3.63, 3.8) is 0 Å². The summed E-state index contributed by atoms with van der Waals surface area (Å²) < 4.78 is 0. The zero-order valence-corrected chi connectivity index (χ0v) is 14.0. The molecule has 1 aliphatic carbocycles. The Bertz CT molecular complexity index is 450. The van der Waals surface area contributed by atoms with Crippen molar-refractivity contribution >= 4 is 11.6 Å². The lowest BCUT2D eigenvalue weighted by atomic mass is 9.81. The predicted molar refractivity (Wildman–Crippen MR) is 89.9 cm³/mol. The molecule has 0 aliphatic heterocycles. The Morgan fingerprint density at radius 3 is 2.05 bits per heavy atom. The molecule has 118 valence electrons. The highest BCUT2D eigenvalue weighted by Gasteiger charge is 2.20. The molecule has 1 aromatic rings. The SMILES string of the molecule is CCNc1nc(C)nc(NCC2CCC(CC)CC2)c1C. The van der Waals surface area contributed by atoms with Crippen molar-refractivity contribution in [3.8, 4) is 0 Å². The van der Waals surface area contributed by atoms with Gasteiger partial charge in [0.05, 0.1) is 0 Å². The van der Waals surface area contributed by atoms with Gasteiger partial charge in [0.25, 0.3) is 0 Å². The van der Waals surface area contributed by atoms with Crippen molar-refractivity contribution < 1.29 is 0 Å². The van der Waals surface area contributed by atoms with Crippen LogP contribution in [0.2, 0.25) is 0 Å². The molecular formula is C17H30N4. The first-order valence-corrected chi connectivity index (χ1v) is 8.47. The minimum absolute atomic E-state index is 0.796. The number of anilines is 2. The fourth-order valence-corrected chi connectivity index (χ4v) is 3.22. The molecule has 2 N–H and O–H groups in total. The van der Waals surface area contributed by atoms with Crippen LogP contribution in [0.15, 0.2) is 0 Å². The second-order valence-electron chi connectivity index (χ2n) is 6.30. The Morgan fingerprint density at radius 1 is 0.905 bits per heavy atom. The Morgan fingerprint density at radius 2 is 1.48 bits per heavy atom. The Balaban J connectivity index is 1.94. The van der Waals surface area contributed by atoms with Crippen molar-refractivity contribution in [2.45, 2.75) is 59.8 Å². The van der Waals surface area contributed by atoms with Gasteiger partial charge < -0.3 is 10.6 Å². The van der Waals surface area contributed by atoms with Crippen LogP contribution in [-0.4, -0.2) is 23.1 Å². The smallest absolute Gasteiger partial charge is 0.134 e. The summed E-state index contributed by atoms with van der Waals surface area (Å²) in [6.45, 7) is 10.4. The largest absolute Gasteiger partial charge is 0.370 e. The molecule has 0 spiro atoms. The summed E-state index contributed by atoms with van der Waals surface area (Å²) in [5, 5.41) is 6.88. The van der Waals surface area contributed by atoms with Gasteiger partial charge in [0.1, 0.15) is 17.5 Å². The van der Waals surface area contributed by atoms with Crippen LogP contribution in [0.1, 0.15) is 57.3 Å². The number of nitrogens with one attached hydrogen (secondary N) is 2. The predicted octanol–water partition coefficient (Wildman–Crippen LogP) is 4.15. The molecule has 1 heterocycles. The summed E-state index contributed by atoms with van der Waals surface area (Å²) in [5.41, 5.74) is 1.13. The van der Waals surface area contributed by atoms with E-state index in [0.717, 1.165) is 47.9 Å². The van der Waals surface area contributed by atoms with E-state index < -0.39 is 0 Å². The van der Waals surface area contributed by atoms with Gasteiger partial charge in [0.2, 0.25) is 0 Å². The fourth-order valence-electron chi connectivity index (χ4n) is 3.22. The highest BCUT2D eigenvalue weighted by molar-refractivity contribution is 5.57. The number of rotatable bonds is 6. The minimum atomic E-state index is 0.796. The molecule has 4 heteroatoms. The van der Waals surface area contributed by atoms with Crippen molar-refractivity contribution in [1.82, 2.24) is 9.97 Å². The standard InChI is InChI=1S/C17H30N4/c1-5-14-7-9-15(10-8-14)11-19-17-12(3)16(18-6-2)20-13(4)21-17/h14-15H,5-11H2,1-4H3,(H2,18,19,20,21). The Labute approximate surface area is 129 Å². The van der Waals surface area contributed by atoms with E-state index in [1.807, 2.05) is 6.92 Å². The molecule has 1 saturated carbocycles. The molecular weight excluding hydrogens is 260 g/mol. The van der Waals surface area contributed by atoms with Gasteiger partial charge >= 0.3 is 0 Å². The molecule has 1 aliphatic rings. The van der Waals surface area contributed by atoms with E-state index in [1.54, 1.807) is 0 Å². The van der Waals surface area contributed by atoms with Crippen molar-refractivity contribution in [3.05, 3.63) is 11.4 Å². The van der Waals surface area contributed by atoms with Crippen LogP contribution in [0.5, 0.6) is 0 Å². The Kier molecular flexibility index (Phi) is 5.83. The average molecular weight is 290 g/mol. The van der Waals surface area contributed by atoms with Crippen LogP contribution in [0.3, 0.4) is 0 Å². The fraction of sp³-hybridized carbons (Fsp3) is 0.765. The van der Waals surface area contributed by atoms with Gasteiger partial charge in [-0.3, -0.25) is 0 Å². The van der Waals surface area contributed by atoms with Gasteiger partial charge in [-0.2, -0.15) is 0 Å². The highest BCUT2D eigenvalue weighted by atomic mass is 15.1. The summed E-state index contributed by atoms with van der Waals surface area (Å²) in [4.78, 5) is 9.05. The average Bonchev–Trinajstić information content (AvgIpc) is 2.50. The lowest BCUT2D eigenvalue weighted by Crippen LogP contribution is -2.22. The number of hydrogen-bond donors (Lipinski definition) is 2. The topological polar surface area (TPSA) is 49.8 Å². The molecule has 0 unspecified atom stereocenters. The van der Waals surface area contributed by atoms with Crippen LogP contribution in [0.4, 0.5) is 11.6 Å². The summed E-state index contributed by atoms with van der Waals surface area (Å²) >= 11 is 0. The number of hydrogen-bond acceptors (Lipinski definition) is 4. The molecule has 21 heavy (non-hydrogen) atoms. The van der Waals surface area contributed by atoms with Gasteiger partial charge in [-0.05, 0) is 45.4 Å². The maximum atomic E-state index is 4.57. The van der Waals surface area contributed by atoms with E-state index in [1.165, 1.54) is 32.1 Å². The first-order chi connectivity index (χ1) is 10.1. The zero-order chi connectivity index (χ0) is 15.2. The second-order valence-corrected chi connectivity index (χ2v) is 6.30. The number of nitrogens with zero attached hydrogens (tertiary/aromatic N) is 2. The molecule has 0 saturated heterocycles. The third kappa shape index (κ3) is 4.32. The van der Waals surface area contributed by atoms with Crippen LogP contribution in [0.25, 0.3) is 0 Å². The third-order valence-corrected chi connectivity index (χ3v) is 4.70. The van der Waals surface area contributed by atoms with E-state index in [4.69, 9.17) is 0 Å². The molecule has 1 fully saturated rings. The summed E-state index contributed by atoms with van der Waals surface area (Å²) in [5.74, 6) is 4.54. The molecule has 1 aromatic heterocycles. The molecule has 0 aromatic carbocycles. The van der Waals surface area contributed by atoms with Crippen molar-refractivity contribution in [2.24, 2.45) is 11.8 Å². The van der Waals surface area contributed by atoms with Gasteiger partial charge in [-0.15, -0.1) is 0 Å². The van der Waals surface area contributed by atoms with Crippen molar-refractivity contribution in [1.29, 1.82) is 0 Å². The second kappa shape index (κ2) is 7.62. The van der Waals surface area contributed by atoms with Gasteiger partial charge in [0, 0.05) is 18.7 Å². The summed E-state index contributed by atoms with van der Waals surface area (Å²) in [7, 11) is 0. The summed E-state index contributed by atoms with van der Waals surface area (Å²) in [6, 6.07) is 0. The van der Waals surface area contributed by atoms with Crippen LogP contribution < -0.4 is 10.6 Å². The lowest BCUT2D eigenvalue weighted by molar-refractivity contribution is 0.278. The van der Waals surface area contributed by atoms with E-state index >= 15 is 0 Å². The third-order valence-electron chi connectivity index (χ3n) is 4.70. The van der Waals surface area contributed by atoms with E-state index in [-0.39, 0.29) is 0 Å². The normalized spacial score (nSPS) is 22.1.